The van der Waals surface area contributed by atoms with Gasteiger partial charge in [-0.3, -0.25) is 19.8 Å². The minimum Gasteiger partial charge on any atom is -0.493 e. The maximum atomic E-state index is 13.1. The molecule has 2 aromatic rings. The fourth-order valence-corrected chi connectivity index (χ4v) is 4.48. The van der Waals surface area contributed by atoms with Gasteiger partial charge in [-0.15, -0.1) is 0 Å². The quantitative estimate of drug-likeness (QED) is 0.489. The predicted octanol–water partition coefficient (Wildman–Crippen LogP) is 4.72. The van der Waals surface area contributed by atoms with E-state index in [1.54, 1.807) is 12.1 Å². The van der Waals surface area contributed by atoms with Gasteiger partial charge < -0.3 is 9.47 Å². The van der Waals surface area contributed by atoms with Gasteiger partial charge in [0.2, 0.25) is 0 Å². The number of urea groups is 1. The molecule has 1 heterocycles. The Balaban J connectivity index is 1.60. The number of carbonyl (C=O) groups excluding carboxylic acids is 3. The molecule has 7 nitrogen and oxygen atoms in total. The average Bonchev–Trinajstić information content (AvgIpc) is 2.82. The van der Waals surface area contributed by atoms with Crippen molar-refractivity contribution < 1.29 is 23.9 Å². The second-order valence-electron chi connectivity index (χ2n) is 8.09. The van der Waals surface area contributed by atoms with E-state index in [0.717, 1.165) is 37.7 Å². The molecule has 1 aliphatic carbocycles. The zero-order valence-corrected chi connectivity index (χ0v) is 19.1. The highest BCUT2D eigenvalue weighted by atomic mass is 35.5. The van der Waals surface area contributed by atoms with Crippen molar-refractivity contribution in [2.24, 2.45) is 0 Å². The van der Waals surface area contributed by atoms with E-state index in [2.05, 4.69) is 5.32 Å². The van der Waals surface area contributed by atoms with E-state index >= 15 is 0 Å². The number of ether oxygens (including phenoxy) is 2. The van der Waals surface area contributed by atoms with Crippen LogP contribution in [0.3, 0.4) is 0 Å². The fraction of sp³-hybridized carbons (Fsp3) is 0.320. The Morgan fingerprint density at radius 1 is 1.09 bits per heavy atom. The van der Waals surface area contributed by atoms with Crippen LogP contribution in [0.25, 0.3) is 6.08 Å². The summed E-state index contributed by atoms with van der Waals surface area (Å²) in [6.07, 6.45) is 5.90. The summed E-state index contributed by atoms with van der Waals surface area (Å²) < 4.78 is 11.3. The number of hydrogen-bond donors (Lipinski definition) is 1. The van der Waals surface area contributed by atoms with Crippen molar-refractivity contribution in [3.63, 3.8) is 0 Å². The van der Waals surface area contributed by atoms with E-state index in [1.807, 2.05) is 30.3 Å². The van der Waals surface area contributed by atoms with Crippen molar-refractivity contribution in [2.45, 2.75) is 44.8 Å². The van der Waals surface area contributed by atoms with Crippen LogP contribution < -0.4 is 14.8 Å². The number of halogens is 1. The van der Waals surface area contributed by atoms with Crippen LogP contribution in [0.15, 0.2) is 48.0 Å². The Bertz CT molecular complexity index is 1090. The van der Waals surface area contributed by atoms with Gasteiger partial charge in [0, 0.05) is 6.04 Å². The summed E-state index contributed by atoms with van der Waals surface area (Å²) in [5.41, 5.74) is 1.34. The third-order valence-electron chi connectivity index (χ3n) is 5.86. The van der Waals surface area contributed by atoms with E-state index in [4.69, 9.17) is 21.1 Å². The molecule has 0 radical (unpaired) electrons. The van der Waals surface area contributed by atoms with E-state index in [1.165, 1.54) is 18.1 Å². The topological polar surface area (TPSA) is 84.9 Å². The molecule has 0 spiro atoms. The summed E-state index contributed by atoms with van der Waals surface area (Å²) in [5.74, 6) is -0.579. The number of rotatable bonds is 6. The molecule has 0 atom stereocenters. The van der Waals surface area contributed by atoms with Gasteiger partial charge in [0.1, 0.15) is 12.2 Å². The number of carbonyl (C=O) groups is 3. The molecule has 4 amide bonds. The van der Waals surface area contributed by atoms with Crippen LogP contribution in [0.5, 0.6) is 11.5 Å². The molecule has 1 saturated heterocycles. The molecular formula is C25H25ClN2O5. The third-order valence-corrected chi connectivity index (χ3v) is 6.14. The van der Waals surface area contributed by atoms with Crippen LogP contribution in [0.1, 0.15) is 43.2 Å². The van der Waals surface area contributed by atoms with Gasteiger partial charge >= 0.3 is 6.03 Å². The van der Waals surface area contributed by atoms with Crippen molar-refractivity contribution in [2.75, 3.05) is 7.11 Å². The molecule has 1 N–H and O–H groups in total. The average molecular weight is 469 g/mol. The van der Waals surface area contributed by atoms with Crippen LogP contribution in [-0.4, -0.2) is 35.9 Å². The monoisotopic (exact) mass is 468 g/mol. The Labute approximate surface area is 197 Å². The minimum absolute atomic E-state index is 0.115. The van der Waals surface area contributed by atoms with Crippen molar-refractivity contribution >= 4 is 35.5 Å². The van der Waals surface area contributed by atoms with Gasteiger partial charge in [-0.1, -0.05) is 61.2 Å². The summed E-state index contributed by atoms with van der Waals surface area (Å²) in [7, 11) is 1.49. The number of amides is 4. The molecule has 0 aromatic heterocycles. The predicted molar refractivity (Wildman–Crippen MR) is 124 cm³/mol. The lowest BCUT2D eigenvalue weighted by molar-refractivity contribution is -0.132. The Kier molecular flexibility index (Phi) is 6.99. The van der Waals surface area contributed by atoms with E-state index < -0.39 is 17.8 Å². The molecule has 1 saturated carbocycles. The Morgan fingerprint density at radius 2 is 1.82 bits per heavy atom. The van der Waals surface area contributed by atoms with Gasteiger partial charge in [-0.25, -0.2) is 4.79 Å². The first-order valence-electron chi connectivity index (χ1n) is 10.9. The van der Waals surface area contributed by atoms with Gasteiger partial charge in [0.25, 0.3) is 11.8 Å². The second kappa shape index (κ2) is 10.1. The third kappa shape index (κ3) is 5.03. The van der Waals surface area contributed by atoms with Crippen molar-refractivity contribution in [1.82, 2.24) is 10.2 Å². The maximum Gasteiger partial charge on any atom is 0.331 e. The normalized spacial score (nSPS) is 18.4. The summed E-state index contributed by atoms with van der Waals surface area (Å²) in [4.78, 5) is 39.2. The lowest BCUT2D eigenvalue weighted by atomic mass is 9.93. The molecule has 172 valence electrons. The van der Waals surface area contributed by atoms with E-state index in [0.29, 0.717) is 23.7 Å². The standard InChI is InChI=1S/C25H25ClN2O5/c1-32-21-14-17(13-20(26)22(21)33-15-16-8-4-2-5-9-16)12-19-23(29)27-25(31)28(24(19)30)18-10-6-3-7-11-18/h2,4-5,8-9,12-14,18H,3,6-7,10-11,15H2,1H3,(H,27,29,31). The summed E-state index contributed by atoms with van der Waals surface area (Å²) in [6.45, 7) is 0.302. The molecule has 0 unspecified atom stereocenters. The van der Waals surface area contributed by atoms with Crippen LogP contribution >= 0.6 is 11.6 Å². The number of nitrogens with zero attached hydrogens (tertiary/aromatic N) is 1. The number of nitrogens with one attached hydrogen (secondary N) is 1. The van der Waals surface area contributed by atoms with Gasteiger partial charge in [0.05, 0.1) is 12.1 Å². The highest BCUT2D eigenvalue weighted by Gasteiger charge is 2.40. The SMILES string of the molecule is COc1cc(C=C2C(=O)NC(=O)N(C3CCCCC3)C2=O)cc(Cl)c1OCc1ccccc1. The second-order valence-corrected chi connectivity index (χ2v) is 8.50. The molecular weight excluding hydrogens is 444 g/mol. The molecule has 4 rings (SSSR count). The Morgan fingerprint density at radius 3 is 2.52 bits per heavy atom. The lowest BCUT2D eigenvalue weighted by Crippen LogP contribution is -2.58. The molecule has 2 fully saturated rings. The van der Waals surface area contributed by atoms with Gasteiger partial charge in [0.15, 0.2) is 11.5 Å². The lowest BCUT2D eigenvalue weighted by Gasteiger charge is -2.35. The zero-order chi connectivity index (χ0) is 23.4. The fourth-order valence-electron chi connectivity index (χ4n) is 4.20. The summed E-state index contributed by atoms with van der Waals surface area (Å²) >= 11 is 6.46. The smallest absolute Gasteiger partial charge is 0.331 e. The van der Waals surface area contributed by atoms with Crippen molar-refractivity contribution in [3.05, 3.63) is 64.2 Å². The van der Waals surface area contributed by atoms with E-state index in [-0.39, 0.29) is 16.6 Å². The molecule has 2 aromatic carbocycles. The molecule has 8 heteroatoms. The number of methoxy groups -OCH3 is 1. The number of hydrogen-bond acceptors (Lipinski definition) is 5. The molecule has 0 bridgehead atoms. The first kappa shape index (κ1) is 22.9. The minimum atomic E-state index is -0.725. The molecule has 1 aliphatic heterocycles. The highest BCUT2D eigenvalue weighted by molar-refractivity contribution is 6.33. The maximum absolute atomic E-state index is 13.1. The number of barbiturate groups is 1. The number of imide groups is 2. The van der Waals surface area contributed by atoms with Gasteiger partial charge in [-0.2, -0.15) is 0 Å². The first-order chi connectivity index (χ1) is 16.0. The zero-order valence-electron chi connectivity index (χ0n) is 18.3. The molecule has 33 heavy (non-hydrogen) atoms. The number of benzene rings is 2. The highest BCUT2D eigenvalue weighted by Crippen LogP contribution is 2.38. The van der Waals surface area contributed by atoms with Crippen LogP contribution in [-0.2, 0) is 16.2 Å². The van der Waals surface area contributed by atoms with Crippen LogP contribution in [0.2, 0.25) is 5.02 Å². The summed E-state index contributed by atoms with van der Waals surface area (Å²) in [5, 5.41) is 2.57. The first-order valence-corrected chi connectivity index (χ1v) is 11.3. The molecule has 2 aliphatic rings. The van der Waals surface area contributed by atoms with Crippen molar-refractivity contribution in [1.29, 1.82) is 0 Å². The van der Waals surface area contributed by atoms with E-state index in [9.17, 15) is 14.4 Å². The van der Waals surface area contributed by atoms with Crippen molar-refractivity contribution in [3.8, 4) is 11.5 Å². The Hall–Kier alpha value is -3.32. The van der Waals surface area contributed by atoms with Crippen LogP contribution in [0, 0.1) is 0 Å². The summed E-state index contributed by atoms with van der Waals surface area (Å²) in [6, 6.07) is 12.0. The van der Waals surface area contributed by atoms with Gasteiger partial charge in [-0.05, 0) is 42.2 Å². The van der Waals surface area contributed by atoms with Crippen LogP contribution in [0.4, 0.5) is 4.79 Å². The largest absolute Gasteiger partial charge is 0.493 e.